The maximum atomic E-state index is 13.3. The molecule has 1 saturated heterocycles. The zero-order chi connectivity index (χ0) is 16.9. The number of benzene rings is 2. The fourth-order valence-electron chi connectivity index (χ4n) is 2.81. The fourth-order valence-corrected chi connectivity index (χ4v) is 2.81. The second-order valence-electron chi connectivity index (χ2n) is 6.23. The first-order valence-electron chi connectivity index (χ1n) is 8.43. The van der Waals surface area contributed by atoms with Gasteiger partial charge in [0, 0.05) is 12.3 Å². The average Bonchev–Trinajstić information content (AvgIpc) is 2.63. The summed E-state index contributed by atoms with van der Waals surface area (Å²) < 4.78 is 37.8. The molecule has 128 valence electrons. The second kappa shape index (κ2) is 7.86. The Bertz CT molecular complexity index is 662. The van der Waals surface area contributed by atoms with E-state index in [9.17, 15) is 8.78 Å². The molecule has 2 aromatic rings. The molecule has 1 fully saturated rings. The molecule has 1 aliphatic heterocycles. The van der Waals surface area contributed by atoms with Gasteiger partial charge in [-0.2, -0.15) is 0 Å². The third-order valence-corrected chi connectivity index (χ3v) is 4.49. The van der Waals surface area contributed by atoms with Crippen LogP contribution in [0.5, 0.6) is 0 Å². The lowest BCUT2D eigenvalue weighted by Crippen LogP contribution is -2.32. The van der Waals surface area contributed by atoms with Gasteiger partial charge in [0.1, 0.15) is 0 Å². The molecule has 2 nitrogen and oxygen atoms in total. The third kappa shape index (κ3) is 4.19. The van der Waals surface area contributed by atoms with Crippen molar-refractivity contribution in [1.29, 1.82) is 0 Å². The van der Waals surface area contributed by atoms with Crippen molar-refractivity contribution in [2.75, 3.05) is 13.2 Å². The Balaban J connectivity index is 1.56. The summed E-state index contributed by atoms with van der Waals surface area (Å²) in [6.45, 7) is 3.69. The SMILES string of the molecule is CCC1COC(CCc2ccc(-c3ccc(F)c(F)c3)cc2)OC1. The molecule has 0 radical (unpaired) electrons. The molecule has 0 aliphatic carbocycles. The summed E-state index contributed by atoms with van der Waals surface area (Å²) >= 11 is 0. The van der Waals surface area contributed by atoms with Gasteiger partial charge in [0.2, 0.25) is 0 Å². The zero-order valence-corrected chi connectivity index (χ0v) is 13.8. The van der Waals surface area contributed by atoms with Gasteiger partial charge in [-0.25, -0.2) is 8.78 Å². The Morgan fingerprint density at radius 1 is 0.917 bits per heavy atom. The van der Waals surface area contributed by atoms with E-state index < -0.39 is 11.6 Å². The molecule has 4 heteroatoms. The van der Waals surface area contributed by atoms with E-state index in [1.165, 1.54) is 11.6 Å². The van der Waals surface area contributed by atoms with Crippen LogP contribution in [0.2, 0.25) is 0 Å². The Hall–Kier alpha value is -1.78. The Kier molecular flexibility index (Phi) is 5.59. The maximum absolute atomic E-state index is 13.3. The molecule has 0 N–H and O–H groups in total. The van der Waals surface area contributed by atoms with Gasteiger partial charge in [0.25, 0.3) is 0 Å². The van der Waals surface area contributed by atoms with Gasteiger partial charge in [-0.15, -0.1) is 0 Å². The summed E-state index contributed by atoms with van der Waals surface area (Å²) in [6, 6.07) is 11.8. The molecule has 0 unspecified atom stereocenters. The molecule has 0 amide bonds. The highest BCUT2D eigenvalue weighted by atomic mass is 19.2. The maximum Gasteiger partial charge on any atom is 0.159 e. The first kappa shape index (κ1) is 17.1. The van der Waals surface area contributed by atoms with Gasteiger partial charge in [0.15, 0.2) is 17.9 Å². The summed E-state index contributed by atoms with van der Waals surface area (Å²) in [5, 5.41) is 0. The number of rotatable bonds is 5. The fraction of sp³-hybridized carbons (Fsp3) is 0.400. The molecule has 0 aromatic heterocycles. The first-order valence-corrected chi connectivity index (χ1v) is 8.43. The minimum Gasteiger partial charge on any atom is -0.352 e. The van der Waals surface area contributed by atoms with Crippen LogP contribution in [-0.4, -0.2) is 19.5 Å². The smallest absolute Gasteiger partial charge is 0.159 e. The van der Waals surface area contributed by atoms with Crippen LogP contribution in [0.25, 0.3) is 11.1 Å². The van der Waals surface area contributed by atoms with Crippen LogP contribution >= 0.6 is 0 Å². The van der Waals surface area contributed by atoms with E-state index in [0.29, 0.717) is 11.5 Å². The van der Waals surface area contributed by atoms with E-state index in [1.54, 1.807) is 6.07 Å². The minimum atomic E-state index is -0.826. The molecule has 0 bridgehead atoms. The number of hydrogen-bond acceptors (Lipinski definition) is 2. The van der Waals surface area contributed by atoms with Crippen molar-refractivity contribution in [2.45, 2.75) is 32.5 Å². The lowest BCUT2D eigenvalue weighted by molar-refractivity contribution is -0.202. The molecule has 0 saturated carbocycles. The van der Waals surface area contributed by atoms with Gasteiger partial charge in [0.05, 0.1) is 13.2 Å². The van der Waals surface area contributed by atoms with Crippen molar-refractivity contribution in [3.8, 4) is 11.1 Å². The van der Waals surface area contributed by atoms with E-state index in [1.807, 2.05) is 24.3 Å². The summed E-state index contributed by atoms with van der Waals surface area (Å²) in [7, 11) is 0. The lowest BCUT2D eigenvalue weighted by Gasteiger charge is -2.28. The van der Waals surface area contributed by atoms with Crippen molar-refractivity contribution < 1.29 is 18.3 Å². The highest BCUT2D eigenvalue weighted by Gasteiger charge is 2.20. The first-order chi connectivity index (χ1) is 11.7. The van der Waals surface area contributed by atoms with Crippen LogP contribution in [0, 0.1) is 17.6 Å². The quantitative estimate of drug-likeness (QED) is 0.770. The second-order valence-corrected chi connectivity index (χ2v) is 6.23. The van der Waals surface area contributed by atoms with E-state index in [4.69, 9.17) is 9.47 Å². The molecule has 3 rings (SSSR count). The number of hydrogen-bond donors (Lipinski definition) is 0. The molecular weight excluding hydrogens is 310 g/mol. The number of aryl methyl sites for hydroxylation is 1. The van der Waals surface area contributed by atoms with Crippen LogP contribution in [0.3, 0.4) is 0 Å². The molecule has 24 heavy (non-hydrogen) atoms. The minimum absolute atomic E-state index is 0.126. The van der Waals surface area contributed by atoms with Crippen molar-refractivity contribution in [2.24, 2.45) is 5.92 Å². The van der Waals surface area contributed by atoms with Crippen LogP contribution in [-0.2, 0) is 15.9 Å². The topological polar surface area (TPSA) is 18.5 Å². The van der Waals surface area contributed by atoms with Crippen molar-refractivity contribution >= 4 is 0 Å². The van der Waals surface area contributed by atoms with E-state index in [0.717, 1.165) is 44.1 Å². The normalized spacial score (nSPS) is 21.0. The molecule has 0 spiro atoms. The van der Waals surface area contributed by atoms with Crippen molar-refractivity contribution in [1.82, 2.24) is 0 Å². The van der Waals surface area contributed by atoms with E-state index >= 15 is 0 Å². The summed E-state index contributed by atoms with van der Waals surface area (Å²) in [4.78, 5) is 0. The highest BCUT2D eigenvalue weighted by Crippen LogP contribution is 2.23. The number of halogens is 2. The molecule has 2 aromatic carbocycles. The van der Waals surface area contributed by atoms with Crippen LogP contribution in [0.1, 0.15) is 25.3 Å². The van der Waals surface area contributed by atoms with Gasteiger partial charge in [-0.3, -0.25) is 0 Å². The standard InChI is InChI=1S/C20H22F2O2/c1-2-14-12-23-20(24-13-14)10-5-15-3-6-16(7-4-15)17-8-9-18(21)19(22)11-17/h3-4,6-9,11,14,20H,2,5,10,12-13H2,1H3. The van der Waals surface area contributed by atoms with E-state index in [2.05, 4.69) is 6.92 Å². The molecule has 1 aliphatic rings. The van der Waals surface area contributed by atoms with Gasteiger partial charge < -0.3 is 9.47 Å². The molecular formula is C20H22F2O2. The molecule has 0 atom stereocenters. The monoisotopic (exact) mass is 332 g/mol. The largest absolute Gasteiger partial charge is 0.352 e. The van der Waals surface area contributed by atoms with Crippen LogP contribution < -0.4 is 0 Å². The summed E-state index contributed by atoms with van der Waals surface area (Å²) in [5.41, 5.74) is 2.71. The highest BCUT2D eigenvalue weighted by molar-refractivity contribution is 5.63. The van der Waals surface area contributed by atoms with Crippen LogP contribution in [0.4, 0.5) is 8.78 Å². The van der Waals surface area contributed by atoms with Gasteiger partial charge >= 0.3 is 0 Å². The van der Waals surface area contributed by atoms with Crippen molar-refractivity contribution in [3.05, 3.63) is 59.7 Å². The average molecular weight is 332 g/mol. The number of ether oxygens (including phenoxy) is 2. The van der Waals surface area contributed by atoms with Crippen LogP contribution in [0.15, 0.2) is 42.5 Å². The predicted molar refractivity (Wildman–Crippen MR) is 89.6 cm³/mol. The van der Waals surface area contributed by atoms with Gasteiger partial charge in [-0.1, -0.05) is 37.3 Å². The zero-order valence-electron chi connectivity index (χ0n) is 13.8. The predicted octanol–water partition coefficient (Wildman–Crippen LogP) is 4.96. The Labute approximate surface area is 141 Å². The van der Waals surface area contributed by atoms with Crippen molar-refractivity contribution in [3.63, 3.8) is 0 Å². The summed E-state index contributed by atoms with van der Waals surface area (Å²) in [6.07, 6.45) is 2.64. The Morgan fingerprint density at radius 3 is 2.21 bits per heavy atom. The van der Waals surface area contributed by atoms with E-state index in [-0.39, 0.29) is 6.29 Å². The third-order valence-electron chi connectivity index (χ3n) is 4.49. The lowest BCUT2D eigenvalue weighted by atomic mass is 10.0. The van der Waals surface area contributed by atoms with Gasteiger partial charge in [-0.05, 0) is 41.7 Å². The summed E-state index contributed by atoms with van der Waals surface area (Å²) in [5.74, 6) is -1.14. The molecule has 1 heterocycles. The Morgan fingerprint density at radius 2 is 1.58 bits per heavy atom.